The van der Waals surface area contributed by atoms with Crippen molar-refractivity contribution in [1.29, 1.82) is 0 Å². The molecule has 2 heterocycles. The lowest BCUT2D eigenvalue weighted by Crippen LogP contribution is -2.75. The van der Waals surface area contributed by atoms with E-state index in [2.05, 4.69) is 331 Å². The lowest BCUT2D eigenvalue weighted by molar-refractivity contribution is 1.28. The van der Waals surface area contributed by atoms with Gasteiger partial charge >= 0.3 is 0 Å². The molecule has 0 aromatic heterocycles. The minimum Gasteiger partial charge on any atom is -0.356 e. The van der Waals surface area contributed by atoms with Crippen LogP contribution in [0.2, 0.25) is 0 Å². The summed E-state index contributed by atoms with van der Waals surface area (Å²) in [5.74, 6) is 0. The van der Waals surface area contributed by atoms with E-state index in [4.69, 9.17) is 0 Å². The summed E-state index contributed by atoms with van der Waals surface area (Å²) in [4.78, 5) is 4.89. The smallest absolute Gasteiger partial charge is 0.252 e. The van der Waals surface area contributed by atoms with Gasteiger partial charge in [0.2, 0.25) is 0 Å². The normalized spacial score (nSPS) is 12.3. The maximum atomic E-state index is 4.12. The number of fused-ring (bicyclic) bond motifs is 4. The van der Waals surface area contributed by atoms with E-state index in [1.165, 1.54) is 64.1 Å². The second-order valence-corrected chi connectivity index (χ2v) is 27.1. The van der Waals surface area contributed by atoms with Crippen LogP contribution in [0.5, 0.6) is 0 Å². The maximum Gasteiger partial charge on any atom is 0.252 e. The molecule has 2 aliphatic heterocycles. The fourth-order valence-corrected chi connectivity index (χ4v) is 20.4. The number of nitrogens with zero attached hydrogens (tertiary/aromatic N) is 2. The zero-order valence-corrected chi connectivity index (χ0v) is 45.2. The molecule has 0 saturated carbocycles. The molecule has 78 heavy (non-hydrogen) atoms. The highest BCUT2D eigenvalue weighted by molar-refractivity contribution is 7.20. The number of nitrogens with one attached hydrogen (secondary N) is 1. The highest BCUT2D eigenvalue weighted by atomic mass is 28.3. The molecule has 0 bridgehead atoms. The Bertz CT molecular complexity index is 3880. The van der Waals surface area contributed by atoms with Gasteiger partial charge < -0.3 is 15.1 Å². The van der Waals surface area contributed by atoms with Gasteiger partial charge in [-0.15, -0.1) is 0 Å². The Kier molecular flexibility index (Phi) is 12.2. The van der Waals surface area contributed by atoms with Crippen LogP contribution < -0.4 is 67.8 Å². The Morgan fingerprint density at radius 3 is 1.38 bits per heavy atom. The molecule has 6 heteroatoms. The van der Waals surface area contributed by atoms with Crippen LogP contribution in [0.1, 0.15) is 0 Å². The average Bonchev–Trinajstić information content (AvgIpc) is 3.70. The molecule has 0 saturated heterocycles. The summed E-state index contributed by atoms with van der Waals surface area (Å²) in [6.45, 7) is -0.0491. The minimum atomic E-state index is -2.87. The summed E-state index contributed by atoms with van der Waals surface area (Å²) in [6.07, 6.45) is 0. The van der Waals surface area contributed by atoms with Gasteiger partial charge in [0.05, 0.1) is 0 Å². The molecule has 0 atom stereocenters. The van der Waals surface area contributed by atoms with Gasteiger partial charge in [-0.2, -0.15) is 0 Å². The van der Waals surface area contributed by atoms with E-state index >= 15 is 0 Å². The molecule has 368 valence electrons. The zero-order valence-electron chi connectivity index (χ0n) is 43.1. The number of rotatable bonds is 12. The van der Waals surface area contributed by atoms with Crippen LogP contribution in [-0.4, -0.2) is 23.6 Å². The third kappa shape index (κ3) is 8.21. The molecule has 12 aromatic carbocycles. The third-order valence-corrected chi connectivity index (χ3v) is 24.0. The highest BCUT2D eigenvalue weighted by Crippen LogP contribution is 2.43. The lowest BCUT2D eigenvalue weighted by atomic mass is 9.33. The third-order valence-electron chi connectivity index (χ3n) is 16.1. The first kappa shape index (κ1) is 47.0. The van der Waals surface area contributed by atoms with Crippen LogP contribution in [0.4, 0.5) is 45.5 Å². The Morgan fingerprint density at radius 1 is 0.333 bits per heavy atom. The van der Waals surface area contributed by atoms with Gasteiger partial charge in [-0.3, -0.25) is 0 Å². The largest absolute Gasteiger partial charge is 0.356 e. The van der Waals surface area contributed by atoms with Gasteiger partial charge in [0.15, 0.2) is 8.07 Å². The first-order valence-corrected chi connectivity index (χ1v) is 30.8. The van der Waals surface area contributed by atoms with Crippen molar-refractivity contribution in [2.45, 2.75) is 0 Å². The fraction of sp³-hybridized carbons (Fsp3) is 0. The highest BCUT2D eigenvalue weighted by Gasteiger charge is 2.45. The quantitative estimate of drug-likeness (QED) is 0.0972. The van der Waals surface area contributed by atoms with Gasteiger partial charge in [-0.05, 0) is 121 Å². The number of anilines is 8. The van der Waals surface area contributed by atoms with E-state index < -0.39 is 16.9 Å². The Hall–Kier alpha value is -9.46. The van der Waals surface area contributed by atoms with Gasteiger partial charge in [0.25, 0.3) is 6.71 Å². The number of benzene rings is 12. The van der Waals surface area contributed by atoms with Crippen LogP contribution >= 0.6 is 0 Å². The van der Waals surface area contributed by atoms with Crippen molar-refractivity contribution in [3.05, 3.63) is 315 Å². The van der Waals surface area contributed by atoms with Crippen LogP contribution in [-0.2, 0) is 0 Å². The van der Waals surface area contributed by atoms with Gasteiger partial charge in [0.1, 0.15) is 8.80 Å². The maximum absolute atomic E-state index is 4.12. The van der Waals surface area contributed by atoms with Gasteiger partial charge in [0, 0.05) is 45.5 Å². The van der Waals surface area contributed by atoms with Crippen LogP contribution in [0.3, 0.4) is 0 Å². The van der Waals surface area contributed by atoms with Crippen molar-refractivity contribution in [3.63, 3.8) is 0 Å². The second-order valence-electron chi connectivity index (χ2n) is 20.5. The Balaban J connectivity index is 0.977. The number of hydrogen-bond acceptors (Lipinski definition) is 3. The van der Waals surface area contributed by atoms with E-state index in [1.807, 2.05) is 0 Å². The monoisotopic (exact) mass is 1030 g/mol. The van der Waals surface area contributed by atoms with Crippen molar-refractivity contribution in [2.24, 2.45) is 0 Å². The van der Waals surface area contributed by atoms with Crippen molar-refractivity contribution in [3.8, 4) is 11.1 Å². The summed E-state index contributed by atoms with van der Waals surface area (Å²) in [6, 6.07) is 117. The van der Waals surface area contributed by atoms with Gasteiger partial charge in [-0.25, -0.2) is 0 Å². The molecule has 1 N–H and O–H groups in total. The topological polar surface area (TPSA) is 18.5 Å². The van der Waals surface area contributed by atoms with E-state index in [-0.39, 0.29) is 6.71 Å². The number of para-hydroxylation sites is 3. The molecular formula is C72H54BN3Si2. The molecule has 0 spiro atoms. The fourth-order valence-electron chi connectivity index (χ4n) is 12.7. The summed E-state index contributed by atoms with van der Waals surface area (Å²) in [7, 11) is -4.65. The number of hydrogen-bond donors (Lipinski definition) is 1. The average molecular weight is 1030 g/mol. The molecular weight excluding hydrogens is 974 g/mol. The summed E-state index contributed by atoms with van der Waals surface area (Å²) in [5.41, 5.74) is 15.2. The predicted octanol–water partition coefficient (Wildman–Crippen LogP) is 10.8. The minimum absolute atomic E-state index is 0.0491. The lowest BCUT2D eigenvalue weighted by Gasteiger charge is -2.42. The first-order chi connectivity index (χ1) is 38.7. The Labute approximate surface area is 460 Å². The molecule has 3 nitrogen and oxygen atoms in total. The van der Waals surface area contributed by atoms with Crippen molar-refractivity contribution in [2.75, 3.05) is 15.1 Å². The predicted molar refractivity (Wildman–Crippen MR) is 338 cm³/mol. The van der Waals surface area contributed by atoms with Gasteiger partial charge in [-0.1, -0.05) is 258 Å². The van der Waals surface area contributed by atoms with E-state index in [0.717, 1.165) is 45.3 Å². The molecule has 2 aliphatic rings. The summed E-state index contributed by atoms with van der Waals surface area (Å²) < 4.78 is 0. The van der Waals surface area contributed by atoms with E-state index in [9.17, 15) is 0 Å². The first-order valence-electron chi connectivity index (χ1n) is 27.1. The standard InChI is InChI=1S/C72H54BN3Si2/c1-8-26-55(27-9-1)75(56-28-10-2-11-29-56)58-30-24-25-53(49-58)54-50-69-72-71(51-54)76(57-43-45-61(46-44-57)77(59-31-12-3-13-32-59)60-33-14-4-15-34-60)70-42-23-22-41-66(70)73(72)67-52-65(47-48-68(67)74-69)78(62-35-16-5-17-36-62,63-37-18-6-19-38-63)64-39-20-7-21-40-64/h1-52,74,77H. The second kappa shape index (κ2) is 20.2. The summed E-state index contributed by atoms with van der Waals surface area (Å²) in [5, 5.41) is 13.8. The van der Waals surface area contributed by atoms with Crippen molar-refractivity contribution >= 4 is 122 Å². The van der Waals surface area contributed by atoms with E-state index in [1.54, 1.807) is 0 Å². The molecule has 0 unspecified atom stereocenters. The van der Waals surface area contributed by atoms with Crippen molar-refractivity contribution < 1.29 is 0 Å². The zero-order chi connectivity index (χ0) is 51.8. The summed E-state index contributed by atoms with van der Waals surface area (Å²) >= 11 is 0. The molecule has 12 aromatic rings. The molecule has 0 amide bonds. The van der Waals surface area contributed by atoms with Crippen LogP contribution in [0.15, 0.2) is 315 Å². The molecule has 0 aliphatic carbocycles. The van der Waals surface area contributed by atoms with E-state index in [0.29, 0.717) is 0 Å². The Morgan fingerprint density at radius 2 is 0.821 bits per heavy atom. The molecule has 0 radical (unpaired) electrons. The van der Waals surface area contributed by atoms with Crippen LogP contribution in [0.25, 0.3) is 11.1 Å². The van der Waals surface area contributed by atoms with Crippen LogP contribution in [0, 0.1) is 0 Å². The SMILES string of the molecule is c1ccc(N(c2ccccc2)c2cccc(-c3cc4c5c(c3)N(c3ccc([SiH](c6ccccc6)c6ccccc6)cc3)c3ccccc3B5c3cc([Si](c5ccccc5)(c5ccccc5)c5ccccc5)ccc3N4)c2)cc1. The van der Waals surface area contributed by atoms with Crippen molar-refractivity contribution in [1.82, 2.24) is 0 Å². The molecule has 14 rings (SSSR count). The molecule has 0 fully saturated rings.